The monoisotopic (exact) mass is 408 g/mol. The van der Waals surface area contributed by atoms with Crippen molar-refractivity contribution in [2.75, 3.05) is 16.1 Å². The Labute approximate surface area is 178 Å². The van der Waals surface area contributed by atoms with Crippen molar-refractivity contribution in [1.82, 2.24) is 0 Å². The van der Waals surface area contributed by atoms with Crippen LogP contribution in [0.2, 0.25) is 0 Å². The molecule has 0 aliphatic carbocycles. The van der Waals surface area contributed by atoms with Crippen molar-refractivity contribution >= 4 is 34.6 Å². The predicted octanol–water partition coefficient (Wildman–Crippen LogP) is 4.01. The molecule has 0 fully saturated rings. The second kappa shape index (κ2) is 10.0. The molecule has 0 saturated carbocycles. The molecule has 0 unspecified atom stereocenters. The molecule has 3 aromatic rings. The number of para-hydroxylation sites is 2. The van der Waals surface area contributed by atoms with Crippen LogP contribution in [0.15, 0.2) is 84.0 Å². The van der Waals surface area contributed by atoms with Crippen LogP contribution < -0.4 is 16.1 Å². The molecule has 3 aromatic carbocycles. The van der Waals surface area contributed by atoms with Crippen LogP contribution in [0.3, 0.4) is 0 Å². The van der Waals surface area contributed by atoms with Gasteiger partial charge in [-0.2, -0.15) is 15.6 Å². The fraction of sp³-hybridized carbons (Fsp3) is 0. The van der Waals surface area contributed by atoms with Gasteiger partial charge in [-0.05, 0) is 42.5 Å². The summed E-state index contributed by atoms with van der Waals surface area (Å²) >= 11 is 0. The summed E-state index contributed by atoms with van der Waals surface area (Å²) in [7, 11) is 0. The molecule has 0 atom stereocenters. The number of nitriles is 2. The van der Waals surface area contributed by atoms with Gasteiger partial charge in [-0.25, -0.2) is 0 Å². The van der Waals surface area contributed by atoms with Crippen molar-refractivity contribution in [3.63, 3.8) is 0 Å². The van der Waals surface area contributed by atoms with Crippen LogP contribution in [-0.2, 0) is 0 Å². The van der Waals surface area contributed by atoms with E-state index in [2.05, 4.69) is 21.2 Å². The van der Waals surface area contributed by atoms with Crippen molar-refractivity contribution in [2.45, 2.75) is 0 Å². The first-order valence-electron chi connectivity index (χ1n) is 9.11. The first-order chi connectivity index (χ1) is 15.1. The third kappa shape index (κ3) is 5.76. The van der Waals surface area contributed by atoms with Crippen LogP contribution in [-0.4, -0.2) is 17.5 Å². The molecule has 3 N–H and O–H groups in total. The second-order valence-electron chi connectivity index (χ2n) is 6.24. The number of rotatable bonds is 6. The zero-order valence-electron chi connectivity index (χ0n) is 16.2. The summed E-state index contributed by atoms with van der Waals surface area (Å²) in [5.41, 5.74) is 3.99. The van der Waals surface area contributed by atoms with Gasteiger partial charge in [-0.1, -0.05) is 36.4 Å². The van der Waals surface area contributed by atoms with Gasteiger partial charge in [0.05, 0.1) is 5.69 Å². The van der Waals surface area contributed by atoms with Gasteiger partial charge in [0, 0.05) is 22.5 Å². The molecule has 0 aliphatic rings. The van der Waals surface area contributed by atoms with E-state index < -0.39 is 17.5 Å². The maximum atomic E-state index is 12.7. The Morgan fingerprint density at radius 2 is 1.13 bits per heavy atom. The van der Waals surface area contributed by atoms with Crippen LogP contribution in [0, 0.1) is 22.7 Å². The zero-order chi connectivity index (χ0) is 22.1. The molecular weight excluding hydrogens is 392 g/mol. The minimum atomic E-state index is -0.437. The lowest BCUT2D eigenvalue weighted by molar-refractivity contribution is 0.102. The number of anilines is 3. The number of hydrogen-bond acceptors (Lipinski definition) is 6. The normalized spacial score (nSPS) is 9.48. The summed E-state index contributed by atoms with van der Waals surface area (Å²) in [6, 6.07) is 25.4. The maximum Gasteiger partial charge on any atom is 0.255 e. The van der Waals surface area contributed by atoms with E-state index in [0.29, 0.717) is 11.4 Å². The topological polar surface area (TPSA) is 130 Å². The van der Waals surface area contributed by atoms with Crippen molar-refractivity contribution in [3.8, 4) is 12.1 Å². The molecule has 0 saturated heterocycles. The fourth-order valence-corrected chi connectivity index (χ4v) is 2.60. The lowest BCUT2D eigenvalue weighted by Gasteiger charge is -2.11. The standard InChI is InChI=1S/C23H16N6O2/c24-14-21(15-25)29-28-20-12-16(22(30)26-18-7-3-1-4-8-18)11-17(13-20)23(31)27-19-9-5-2-6-10-19/h1-13,28H,(H,26,30)(H,27,31). The lowest BCUT2D eigenvalue weighted by Crippen LogP contribution is -2.16. The number of carbonyl (C=O) groups is 2. The van der Waals surface area contributed by atoms with E-state index in [1.165, 1.54) is 18.2 Å². The fourth-order valence-electron chi connectivity index (χ4n) is 2.60. The van der Waals surface area contributed by atoms with Gasteiger partial charge in [0.25, 0.3) is 11.8 Å². The molecule has 3 rings (SSSR count). The summed E-state index contributed by atoms with van der Waals surface area (Å²) < 4.78 is 0. The molecule has 0 radical (unpaired) electrons. The van der Waals surface area contributed by atoms with E-state index in [1.807, 2.05) is 12.1 Å². The van der Waals surface area contributed by atoms with Crippen molar-refractivity contribution in [2.24, 2.45) is 5.10 Å². The molecule has 0 heterocycles. The maximum absolute atomic E-state index is 12.7. The van der Waals surface area contributed by atoms with Gasteiger partial charge in [-0.15, -0.1) is 0 Å². The highest BCUT2D eigenvalue weighted by atomic mass is 16.2. The Hall–Kier alpha value is -4.95. The molecule has 8 heteroatoms. The summed E-state index contributed by atoms with van der Waals surface area (Å²) in [5.74, 6) is -0.873. The van der Waals surface area contributed by atoms with Crippen LogP contribution in [0.25, 0.3) is 0 Å². The lowest BCUT2D eigenvalue weighted by atomic mass is 10.1. The second-order valence-corrected chi connectivity index (χ2v) is 6.24. The highest BCUT2D eigenvalue weighted by Gasteiger charge is 2.14. The number of nitrogens with zero attached hydrogens (tertiary/aromatic N) is 3. The Kier molecular flexibility index (Phi) is 6.71. The minimum absolute atomic E-state index is 0.192. The Bertz CT molecular complexity index is 1120. The molecule has 2 amide bonds. The third-order valence-electron chi connectivity index (χ3n) is 4.03. The average Bonchev–Trinajstić information content (AvgIpc) is 2.81. The number of amides is 2. The van der Waals surface area contributed by atoms with E-state index in [4.69, 9.17) is 10.5 Å². The number of hydrogen-bond donors (Lipinski definition) is 3. The van der Waals surface area contributed by atoms with Crippen LogP contribution in [0.4, 0.5) is 17.1 Å². The van der Waals surface area contributed by atoms with Crippen LogP contribution >= 0.6 is 0 Å². The summed E-state index contributed by atoms with van der Waals surface area (Å²) in [5, 5.41) is 26.9. The number of nitrogens with one attached hydrogen (secondary N) is 3. The Morgan fingerprint density at radius 3 is 1.55 bits per heavy atom. The smallest absolute Gasteiger partial charge is 0.255 e. The molecular formula is C23H16N6O2. The van der Waals surface area contributed by atoms with Gasteiger partial charge >= 0.3 is 0 Å². The van der Waals surface area contributed by atoms with Crippen LogP contribution in [0.5, 0.6) is 0 Å². The van der Waals surface area contributed by atoms with E-state index in [9.17, 15) is 9.59 Å². The Balaban J connectivity index is 1.92. The first-order valence-corrected chi connectivity index (χ1v) is 9.11. The quantitative estimate of drug-likeness (QED) is 0.419. The molecule has 31 heavy (non-hydrogen) atoms. The highest BCUT2D eigenvalue weighted by Crippen LogP contribution is 2.19. The van der Waals surface area contributed by atoms with Gasteiger partial charge in [-0.3, -0.25) is 15.0 Å². The first kappa shape index (κ1) is 20.8. The summed E-state index contributed by atoms with van der Waals surface area (Å²) in [6.07, 6.45) is 0. The van der Waals surface area contributed by atoms with Gasteiger partial charge in [0.2, 0.25) is 5.71 Å². The molecule has 0 bridgehead atoms. The van der Waals surface area contributed by atoms with E-state index >= 15 is 0 Å². The van der Waals surface area contributed by atoms with Gasteiger partial charge < -0.3 is 10.6 Å². The zero-order valence-corrected chi connectivity index (χ0v) is 16.2. The molecule has 0 aromatic heterocycles. The van der Waals surface area contributed by atoms with E-state index in [0.717, 1.165) is 0 Å². The number of hydrazone groups is 1. The SMILES string of the molecule is N#CC(C#N)=NNc1cc(C(=O)Nc2ccccc2)cc(C(=O)Nc2ccccc2)c1. The summed E-state index contributed by atoms with van der Waals surface area (Å²) in [6.45, 7) is 0. The van der Waals surface area contributed by atoms with Crippen molar-refractivity contribution in [3.05, 3.63) is 90.0 Å². The molecule has 150 valence electrons. The number of benzene rings is 3. The molecule has 0 spiro atoms. The molecule has 8 nitrogen and oxygen atoms in total. The van der Waals surface area contributed by atoms with Gasteiger partial charge in [0.1, 0.15) is 12.1 Å². The van der Waals surface area contributed by atoms with E-state index in [-0.39, 0.29) is 16.8 Å². The average molecular weight is 408 g/mol. The van der Waals surface area contributed by atoms with E-state index in [1.54, 1.807) is 60.7 Å². The predicted molar refractivity (Wildman–Crippen MR) is 118 cm³/mol. The van der Waals surface area contributed by atoms with Gasteiger partial charge in [0.15, 0.2) is 0 Å². The van der Waals surface area contributed by atoms with Crippen LogP contribution in [0.1, 0.15) is 20.7 Å². The minimum Gasteiger partial charge on any atom is -0.322 e. The Morgan fingerprint density at radius 1 is 0.677 bits per heavy atom. The van der Waals surface area contributed by atoms with Crippen molar-refractivity contribution in [1.29, 1.82) is 10.5 Å². The summed E-state index contributed by atoms with van der Waals surface area (Å²) in [4.78, 5) is 25.5. The third-order valence-corrected chi connectivity index (χ3v) is 4.03. The highest BCUT2D eigenvalue weighted by molar-refractivity contribution is 6.11. The molecule has 0 aliphatic heterocycles. The van der Waals surface area contributed by atoms with Crippen molar-refractivity contribution < 1.29 is 9.59 Å². The number of carbonyl (C=O) groups excluding carboxylic acids is 2. The largest absolute Gasteiger partial charge is 0.322 e.